The van der Waals surface area contributed by atoms with Gasteiger partial charge < -0.3 is 14.9 Å². The summed E-state index contributed by atoms with van der Waals surface area (Å²) in [4.78, 5) is 21.4. The Morgan fingerprint density at radius 2 is 2.44 bits per heavy atom. The molecule has 1 fully saturated rings. The Balaban J connectivity index is 2.24. The van der Waals surface area contributed by atoms with Crippen LogP contribution in [0.2, 0.25) is 0 Å². The number of ether oxygens (including phenoxy) is 1. The Kier molecular flexibility index (Phi) is 2.59. The zero-order valence-corrected chi connectivity index (χ0v) is 8.70. The van der Waals surface area contributed by atoms with Crippen molar-refractivity contribution in [3.63, 3.8) is 0 Å². The van der Waals surface area contributed by atoms with Gasteiger partial charge >= 0.3 is 11.8 Å². The van der Waals surface area contributed by atoms with Crippen LogP contribution in [0.1, 0.15) is 18.9 Å². The summed E-state index contributed by atoms with van der Waals surface area (Å²) in [7, 11) is 1.30. The second-order valence-corrected chi connectivity index (χ2v) is 3.72. The first-order chi connectivity index (χ1) is 7.63. The van der Waals surface area contributed by atoms with Crippen LogP contribution in [0.25, 0.3) is 0 Å². The standard InChI is InChI=1S/C9H11N3O4/c1-16-9(13)8(6-2-3-6)11-5-4-7(10-11)12(14)15/h4-6,8H,2-3H2,1H3. The topological polar surface area (TPSA) is 87.3 Å². The van der Waals surface area contributed by atoms with E-state index in [0.29, 0.717) is 0 Å². The molecular weight excluding hydrogens is 214 g/mol. The maximum absolute atomic E-state index is 11.5. The molecule has 0 saturated heterocycles. The molecule has 1 saturated carbocycles. The summed E-state index contributed by atoms with van der Waals surface area (Å²) in [5, 5.41) is 14.2. The Morgan fingerprint density at radius 1 is 1.75 bits per heavy atom. The maximum atomic E-state index is 11.5. The van der Waals surface area contributed by atoms with Gasteiger partial charge in [0, 0.05) is 0 Å². The summed E-state index contributed by atoms with van der Waals surface area (Å²) in [5.41, 5.74) is 0. The third kappa shape index (κ3) is 1.88. The second kappa shape index (κ2) is 3.92. The molecular formula is C9H11N3O4. The first-order valence-electron chi connectivity index (χ1n) is 4.91. The molecule has 1 aliphatic carbocycles. The maximum Gasteiger partial charge on any atom is 0.389 e. The van der Waals surface area contributed by atoms with Crippen molar-refractivity contribution in [2.45, 2.75) is 18.9 Å². The summed E-state index contributed by atoms with van der Waals surface area (Å²) < 4.78 is 5.99. The molecule has 0 N–H and O–H groups in total. The van der Waals surface area contributed by atoms with Gasteiger partial charge in [0.15, 0.2) is 6.04 Å². The van der Waals surface area contributed by atoms with Crippen LogP contribution < -0.4 is 0 Å². The van der Waals surface area contributed by atoms with Gasteiger partial charge in [-0.15, -0.1) is 0 Å². The van der Waals surface area contributed by atoms with Gasteiger partial charge in [-0.25, -0.2) is 4.79 Å². The van der Waals surface area contributed by atoms with Crippen molar-refractivity contribution in [2.75, 3.05) is 7.11 Å². The minimum absolute atomic E-state index is 0.187. The molecule has 0 bridgehead atoms. The van der Waals surface area contributed by atoms with Crippen LogP contribution in [0.3, 0.4) is 0 Å². The lowest BCUT2D eigenvalue weighted by atomic mass is 10.2. The Labute approximate surface area is 91.2 Å². The van der Waals surface area contributed by atoms with Gasteiger partial charge in [0.2, 0.25) is 0 Å². The molecule has 16 heavy (non-hydrogen) atoms. The molecule has 86 valence electrons. The van der Waals surface area contributed by atoms with Crippen LogP contribution in [0.15, 0.2) is 12.3 Å². The molecule has 0 aromatic carbocycles. The van der Waals surface area contributed by atoms with Gasteiger partial charge in [-0.3, -0.25) is 0 Å². The van der Waals surface area contributed by atoms with Gasteiger partial charge in [-0.1, -0.05) is 0 Å². The van der Waals surface area contributed by atoms with E-state index in [9.17, 15) is 14.9 Å². The zero-order valence-electron chi connectivity index (χ0n) is 8.70. The van der Waals surface area contributed by atoms with Gasteiger partial charge in [0.1, 0.15) is 0 Å². The predicted octanol–water partition coefficient (Wildman–Crippen LogP) is 0.915. The lowest BCUT2D eigenvalue weighted by Crippen LogP contribution is -2.23. The number of rotatable bonds is 4. The summed E-state index contributed by atoms with van der Waals surface area (Å²) in [5.74, 6) is -0.470. The fourth-order valence-electron chi connectivity index (χ4n) is 1.63. The molecule has 1 aromatic rings. The van der Waals surface area contributed by atoms with E-state index >= 15 is 0 Å². The normalized spacial score (nSPS) is 16.8. The molecule has 1 aromatic heterocycles. The number of hydrogen-bond donors (Lipinski definition) is 0. The average Bonchev–Trinajstić information content (AvgIpc) is 2.95. The average molecular weight is 225 g/mol. The third-order valence-electron chi connectivity index (χ3n) is 2.58. The lowest BCUT2D eigenvalue weighted by Gasteiger charge is -2.10. The van der Waals surface area contributed by atoms with Crippen LogP contribution in [0, 0.1) is 16.0 Å². The lowest BCUT2D eigenvalue weighted by molar-refractivity contribution is -0.389. The van der Waals surface area contributed by atoms with E-state index in [1.807, 2.05) is 0 Å². The molecule has 0 radical (unpaired) electrons. The minimum atomic E-state index is -0.586. The fraction of sp³-hybridized carbons (Fsp3) is 0.556. The molecule has 0 amide bonds. The number of nitro groups is 1. The van der Waals surface area contributed by atoms with E-state index < -0.39 is 16.9 Å². The smallest absolute Gasteiger partial charge is 0.389 e. The van der Waals surface area contributed by atoms with E-state index in [1.165, 1.54) is 24.1 Å². The fourth-order valence-corrected chi connectivity index (χ4v) is 1.63. The van der Waals surface area contributed by atoms with Gasteiger partial charge in [0.05, 0.1) is 24.5 Å². The highest BCUT2D eigenvalue weighted by Gasteiger charge is 2.41. The monoisotopic (exact) mass is 225 g/mol. The number of hydrogen-bond acceptors (Lipinski definition) is 5. The van der Waals surface area contributed by atoms with Crippen molar-refractivity contribution < 1.29 is 14.5 Å². The highest BCUT2D eigenvalue weighted by Crippen LogP contribution is 2.40. The third-order valence-corrected chi connectivity index (χ3v) is 2.58. The molecule has 1 heterocycles. The van der Waals surface area contributed by atoms with Crippen LogP contribution in [0.5, 0.6) is 0 Å². The molecule has 0 aliphatic heterocycles. The van der Waals surface area contributed by atoms with Crippen molar-refractivity contribution in [3.05, 3.63) is 22.4 Å². The quantitative estimate of drug-likeness (QED) is 0.432. The van der Waals surface area contributed by atoms with Gasteiger partial charge in [-0.2, -0.15) is 4.68 Å². The Hall–Kier alpha value is -1.92. The van der Waals surface area contributed by atoms with E-state index in [1.54, 1.807) is 0 Å². The van der Waals surface area contributed by atoms with Crippen molar-refractivity contribution in [2.24, 2.45) is 5.92 Å². The summed E-state index contributed by atoms with van der Waals surface area (Å²) in [6.45, 7) is 0. The Bertz CT molecular complexity index is 424. The number of nitrogens with zero attached hydrogens (tertiary/aromatic N) is 3. The number of esters is 1. The molecule has 1 aliphatic rings. The van der Waals surface area contributed by atoms with Crippen molar-refractivity contribution in [1.29, 1.82) is 0 Å². The Morgan fingerprint density at radius 3 is 2.88 bits per heavy atom. The van der Waals surface area contributed by atoms with Crippen LogP contribution in [-0.4, -0.2) is 27.8 Å². The summed E-state index contributed by atoms with van der Waals surface area (Å²) >= 11 is 0. The number of carbonyl (C=O) groups excluding carboxylic acids is 1. The number of carbonyl (C=O) groups is 1. The van der Waals surface area contributed by atoms with Crippen LogP contribution >= 0.6 is 0 Å². The second-order valence-electron chi connectivity index (χ2n) is 3.72. The molecule has 7 heteroatoms. The largest absolute Gasteiger partial charge is 0.467 e. The number of aromatic nitrogens is 2. The van der Waals surface area contributed by atoms with Crippen molar-refractivity contribution in [3.8, 4) is 0 Å². The molecule has 1 unspecified atom stereocenters. The SMILES string of the molecule is COC(=O)C(C1CC1)n1ccc([N+](=O)[O-])n1. The van der Waals surface area contributed by atoms with Crippen molar-refractivity contribution >= 4 is 11.8 Å². The highest BCUT2D eigenvalue weighted by molar-refractivity contribution is 5.74. The van der Waals surface area contributed by atoms with E-state index in [-0.39, 0.29) is 11.7 Å². The van der Waals surface area contributed by atoms with Crippen molar-refractivity contribution in [1.82, 2.24) is 9.78 Å². The molecule has 7 nitrogen and oxygen atoms in total. The molecule has 2 rings (SSSR count). The zero-order chi connectivity index (χ0) is 11.7. The minimum Gasteiger partial charge on any atom is -0.467 e. The summed E-state index contributed by atoms with van der Waals surface area (Å²) in [6.07, 6.45) is 3.29. The van der Waals surface area contributed by atoms with Crippen LogP contribution in [-0.2, 0) is 9.53 Å². The molecule has 0 spiro atoms. The van der Waals surface area contributed by atoms with Crippen LogP contribution in [0.4, 0.5) is 5.82 Å². The first-order valence-corrected chi connectivity index (χ1v) is 4.91. The molecule has 1 atom stereocenters. The van der Waals surface area contributed by atoms with Gasteiger partial charge in [0.25, 0.3) is 0 Å². The van der Waals surface area contributed by atoms with E-state index in [4.69, 9.17) is 0 Å². The first kappa shape index (κ1) is 10.6. The van der Waals surface area contributed by atoms with E-state index in [0.717, 1.165) is 12.8 Å². The summed E-state index contributed by atoms with van der Waals surface area (Å²) in [6, 6.07) is 0.747. The predicted molar refractivity (Wildman–Crippen MR) is 52.7 cm³/mol. The highest BCUT2D eigenvalue weighted by atomic mass is 16.6. The van der Waals surface area contributed by atoms with Gasteiger partial charge in [-0.05, 0) is 23.7 Å². The number of methoxy groups -OCH3 is 1. The van der Waals surface area contributed by atoms with E-state index in [2.05, 4.69) is 9.84 Å².